The summed E-state index contributed by atoms with van der Waals surface area (Å²) in [7, 11) is 0. The van der Waals surface area contributed by atoms with Crippen molar-refractivity contribution in [3.8, 4) is 0 Å². The summed E-state index contributed by atoms with van der Waals surface area (Å²) in [6, 6.07) is 0.789. The van der Waals surface area contributed by atoms with Crippen molar-refractivity contribution >= 4 is 5.97 Å². The number of nitrogens with zero attached hydrogens (tertiary/aromatic N) is 1. The van der Waals surface area contributed by atoms with Crippen molar-refractivity contribution in [2.75, 3.05) is 13.1 Å². The van der Waals surface area contributed by atoms with Gasteiger partial charge in [0, 0.05) is 19.0 Å². The minimum atomic E-state index is -0.642. The molecule has 3 atom stereocenters. The van der Waals surface area contributed by atoms with Gasteiger partial charge in [-0.1, -0.05) is 6.92 Å². The Morgan fingerprint density at radius 1 is 1.35 bits per heavy atom. The van der Waals surface area contributed by atoms with Crippen LogP contribution >= 0.6 is 0 Å². The molecule has 2 fully saturated rings. The molecule has 3 nitrogen and oxygen atoms in total. The third-order valence-corrected chi connectivity index (χ3v) is 4.50. The standard InChI is InChI=1S/C14H25NO2/c1-11-4-6-13(9-11)15-8-2-3-12(10-15)5-7-14(16)17/h11-13H,2-10H2,1H3,(H,16,17). The molecule has 1 saturated carbocycles. The molecule has 1 saturated heterocycles. The van der Waals surface area contributed by atoms with Gasteiger partial charge in [0.2, 0.25) is 0 Å². The van der Waals surface area contributed by atoms with Gasteiger partial charge in [-0.05, 0) is 56.9 Å². The molecule has 0 aromatic rings. The second kappa shape index (κ2) is 5.85. The summed E-state index contributed by atoms with van der Waals surface area (Å²) < 4.78 is 0. The van der Waals surface area contributed by atoms with E-state index in [1.54, 1.807) is 0 Å². The highest BCUT2D eigenvalue weighted by Crippen LogP contribution is 2.32. The monoisotopic (exact) mass is 239 g/mol. The number of carboxylic acids is 1. The van der Waals surface area contributed by atoms with Crippen molar-refractivity contribution in [1.82, 2.24) is 4.90 Å². The van der Waals surface area contributed by atoms with E-state index in [0.29, 0.717) is 12.3 Å². The van der Waals surface area contributed by atoms with E-state index in [-0.39, 0.29) is 0 Å². The van der Waals surface area contributed by atoms with Gasteiger partial charge in [0.1, 0.15) is 0 Å². The second-order valence-corrected chi connectivity index (χ2v) is 6.01. The van der Waals surface area contributed by atoms with Gasteiger partial charge in [0.15, 0.2) is 0 Å². The Morgan fingerprint density at radius 3 is 2.82 bits per heavy atom. The zero-order chi connectivity index (χ0) is 12.3. The summed E-state index contributed by atoms with van der Waals surface area (Å²) in [5.74, 6) is 0.867. The number of likely N-dealkylation sites (tertiary alicyclic amines) is 1. The number of aliphatic carboxylic acids is 1. The molecular formula is C14H25NO2. The fourth-order valence-corrected chi connectivity index (χ4v) is 3.50. The van der Waals surface area contributed by atoms with Gasteiger partial charge in [-0.25, -0.2) is 0 Å². The van der Waals surface area contributed by atoms with Crippen molar-refractivity contribution in [3.05, 3.63) is 0 Å². The molecule has 2 rings (SSSR count). The molecule has 0 aromatic heterocycles. The maximum atomic E-state index is 10.6. The summed E-state index contributed by atoms with van der Waals surface area (Å²) in [6.07, 6.45) is 7.79. The van der Waals surface area contributed by atoms with E-state index in [9.17, 15) is 4.79 Å². The van der Waals surface area contributed by atoms with Crippen molar-refractivity contribution in [2.45, 2.75) is 57.9 Å². The third-order valence-electron chi connectivity index (χ3n) is 4.50. The Labute approximate surface area is 104 Å². The lowest BCUT2D eigenvalue weighted by atomic mass is 9.92. The molecule has 17 heavy (non-hydrogen) atoms. The summed E-state index contributed by atoms with van der Waals surface area (Å²) in [5, 5.41) is 8.74. The van der Waals surface area contributed by atoms with Gasteiger partial charge in [0.25, 0.3) is 0 Å². The van der Waals surface area contributed by atoms with Gasteiger partial charge >= 0.3 is 5.97 Å². The van der Waals surface area contributed by atoms with E-state index >= 15 is 0 Å². The summed E-state index contributed by atoms with van der Waals surface area (Å²) >= 11 is 0. The molecule has 1 N–H and O–H groups in total. The molecule has 1 aliphatic heterocycles. The Kier molecular flexibility index (Phi) is 4.43. The molecule has 0 spiro atoms. The van der Waals surface area contributed by atoms with E-state index in [1.165, 1.54) is 38.6 Å². The van der Waals surface area contributed by atoms with Gasteiger partial charge in [0.05, 0.1) is 0 Å². The molecular weight excluding hydrogens is 214 g/mol. The van der Waals surface area contributed by atoms with Crippen LogP contribution in [0, 0.1) is 11.8 Å². The average molecular weight is 239 g/mol. The van der Waals surface area contributed by atoms with E-state index in [0.717, 1.165) is 24.9 Å². The average Bonchev–Trinajstić information content (AvgIpc) is 2.74. The topological polar surface area (TPSA) is 40.5 Å². The lowest BCUT2D eigenvalue weighted by Gasteiger charge is -2.36. The number of hydrogen-bond acceptors (Lipinski definition) is 2. The Balaban J connectivity index is 1.78. The van der Waals surface area contributed by atoms with E-state index in [2.05, 4.69) is 11.8 Å². The maximum absolute atomic E-state index is 10.6. The van der Waals surface area contributed by atoms with Gasteiger partial charge in [-0.3, -0.25) is 4.79 Å². The van der Waals surface area contributed by atoms with Crippen molar-refractivity contribution in [3.63, 3.8) is 0 Å². The van der Waals surface area contributed by atoms with Gasteiger partial charge in [-0.15, -0.1) is 0 Å². The fourth-order valence-electron chi connectivity index (χ4n) is 3.50. The Morgan fingerprint density at radius 2 is 2.18 bits per heavy atom. The summed E-state index contributed by atoms with van der Waals surface area (Å²) in [4.78, 5) is 13.2. The largest absolute Gasteiger partial charge is 0.481 e. The van der Waals surface area contributed by atoms with Crippen LogP contribution < -0.4 is 0 Å². The lowest BCUT2D eigenvalue weighted by molar-refractivity contribution is -0.137. The first-order chi connectivity index (χ1) is 8.15. The van der Waals surface area contributed by atoms with E-state index in [1.807, 2.05) is 0 Å². The van der Waals surface area contributed by atoms with Crippen LogP contribution in [0.1, 0.15) is 51.9 Å². The molecule has 0 radical (unpaired) electrons. The maximum Gasteiger partial charge on any atom is 0.303 e. The highest BCUT2D eigenvalue weighted by molar-refractivity contribution is 5.66. The quantitative estimate of drug-likeness (QED) is 0.820. The SMILES string of the molecule is CC1CCC(N2CCCC(CCC(=O)O)C2)C1. The van der Waals surface area contributed by atoms with E-state index < -0.39 is 5.97 Å². The molecule has 3 unspecified atom stereocenters. The van der Waals surface area contributed by atoms with Crippen molar-refractivity contribution < 1.29 is 9.90 Å². The first-order valence-corrected chi connectivity index (χ1v) is 7.11. The highest BCUT2D eigenvalue weighted by atomic mass is 16.4. The third kappa shape index (κ3) is 3.70. The van der Waals surface area contributed by atoms with Crippen LogP contribution in [-0.4, -0.2) is 35.1 Å². The smallest absolute Gasteiger partial charge is 0.303 e. The van der Waals surface area contributed by atoms with Gasteiger partial charge in [-0.2, -0.15) is 0 Å². The summed E-state index contributed by atoms with van der Waals surface area (Å²) in [6.45, 7) is 4.73. The van der Waals surface area contributed by atoms with E-state index in [4.69, 9.17) is 5.11 Å². The number of hydrogen-bond donors (Lipinski definition) is 1. The molecule has 0 aromatic carbocycles. The Hall–Kier alpha value is -0.570. The van der Waals surface area contributed by atoms with Crippen LogP contribution in [0.2, 0.25) is 0 Å². The van der Waals surface area contributed by atoms with Crippen LogP contribution in [0.15, 0.2) is 0 Å². The lowest BCUT2D eigenvalue weighted by Crippen LogP contribution is -2.41. The number of carbonyl (C=O) groups is 1. The fraction of sp³-hybridized carbons (Fsp3) is 0.929. The minimum absolute atomic E-state index is 0.347. The molecule has 3 heteroatoms. The predicted molar refractivity (Wildman–Crippen MR) is 68.0 cm³/mol. The molecule has 0 bridgehead atoms. The van der Waals surface area contributed by atoms with Crippen LogP contribution in [-0.2, 0) is 4.79 Å². The van der Waals surface area contributed by atoms with Crippen LogP contribution in [0.5, 0.6) is 0 Å². The number of rotatable bonds is 4. The molecule has 0 amide bonds. The minimum Gasteiger partial charge on any atom is -0.481 e. The molecule has 2 aliphatic rings. The molecule has 1 heterocycles. The Bertz CT molecular complexity index is 267. The second-order valence-electron chi connectivity index (χ2n) is 6.01. The zero-order valence-corrected chi connectivity index (χ0v) is 10.9. The van der Waals surface area contributed by atoms with Crippen LogP contribution in [0.3, 0.4) is 0 Å². The van der Waals surface area contributed by atoms with Crippen molar-refractivity contribution in [1.29, 1.82) is 0 Å². The predicted octanol–water partition coefficient (Wildman–Crippen LogP) is 2.75. The first-order valence-electron chi connectivity index (χ1n) is 7.11. The highest BCUT2D eigenvalue weighted by Gasteiger charge is 2.30. The molecule has 1 aliphatic carbocycles. The number of carboxylic acid groups (broad SMARTS) is 1. The number of piperidine rings is 1. The first kappa shape index (κ1) is 12.9. The van der Waals surface area contributed by atoms with Crippen LogP contribution in [0.25, 0.3) is 0 Å². The molecule has 98 valence electrons. The van der Waals surface area contributed by atoms with Crippen LogP contribution in [0.4, 0.5) is 0 Å². The van der Waals surface area contributed by atoms with Crippen molar-refractivity contribution in [2.24, 2.45) is 11.8 Å². The van der Waals surface area contributed by atoms with Gasteiger partial charge < -0.3 is 10.0 Å². The normalized spacial score (nSPS) is 35.0. The summed E-state index contributed by atoms with van der Waals surface area (Å²) in [5.41, 5.74) is 0. The zero-order valence-electron chi connectivity index (χ0n) is 10.9.